The molecule has 0 aromatic heterocycles. The molecule has 0 radical (unpaired) electrons. The van der Waals surface area contributed by atoms with Gasteiger partial charge in [0.15, 0.2) is 0 Å². The molecule has 1 fully saturated rings. The van der Waals surface area contributed by atoms with Gasteiger partial charge in [0.1, 0.15) is 0 Å². The van der Waals surface area contributed by atoms with E-state index in [0.717, 1.165) is 25.7 Å². The van der Waals surface area contributed by atoms with Crippen LogP contribution >= 0.6 is 0 Å². The van der Waals surface area contributed by atoms with Gasteiger partial charge in [0.2, 0.25) is 10.0 Å². The van der Waals surface area contributed by atoms with E-state index in [4.69, 9.17) is 5.73 Å². The summed E-state index contributed by atoms with van der Waals surface area (Å²) in [6, 6.07) is 0. The lowest BCUT2D eigenvalue weighted by Gasteiger charge is -2.30. The number of nitrogens with one attached hydrogen (secondary N) is 1. The highest BCUT2D eigenvalue weighted by atomic mass is 32.2. The van der Waals surface area contributed by atoms with Gasteiger partial charge >= 0.3 is 0 Å². The Kier molecular flexibility index (Phi) is 4.03. The Labute approximate surface area is 99.0 Å². The molecule has 0 heterocycles. The van der Waals surface area contributed by atoms with E-state index in [9.17, 15) is 8.42 Å². The molecule has 0 aromatic carbocycles. The Morgan fingerprint density at radius 3 is 2.12 bits per heavy atom. The number of hydrogen-bond donors (Lipinski definition) is 2. The summed E-state index contributed by atoms with van der Waals surface area (Å²) in [5, 5.41) is 0. The van der Waals surface area contributed by atoms with Crippen molar-refractivity contribution >= 4 is 10.0 Å². The molecule has 1 rings (SSSR count). The molecular weight excluding hydrogens is 224 g/mol. The van der Waals surface area contributed by atoms with Gasteiger partial charge < -0.3 is 5.73 Å². The lowest BCUT2D eigenvalue weighted by molar-refractivity contribution is 0.390. The molecule has 4 nitrogen and oxygen atoms in total. The molecule has 1 aliphatic carbocycles. The van der Waals surface area contributed by atoms with Crippen molar-refractivity contribution in [1.29, 1.82) is 0 Å². The summed E-state index contributed by atoms with van der Waals surface area (Å²) in [6.45, 7) is 6.18. The molecule has 0 spiro atoms. The summed E-state index contributed by atoms with van der Waals surface area (Å²) in [5.41, 5.74) is 5.12. The van der Waals surface area contributed by atoms with E-state index in [0.29, 0.717) is 6.54 Å². The third kappa shape index (κ3) is 4.03. The molecule has 0 aromatic rings. The summed E-state index contributed by atoms with van der Waals surface area (Å²) in [5.74, 6) is 0.155. The van der Waals surface area contributed by atoms with Gasteiger partial charge in [-0.2, -0.15) is 0 Å². The predicted molar refractivity (Wildman–Crippen MR) is 66.6 cm³/mol. The molecule has 0 atom stereocenters. The van der Waals surface area contributed by atoms with Gasteiger partial charge in [-0.25, -0.2) is 13.1 Å². The Morgan fingerprint density at radius 1 is 1.25 bits per heavy atom. The molecule has 0 bridgehead atoms. The standard InChI is InChI=1S/C11H24N2O2S/c1-10(2,3)9-16(14,15)13-11(8-12)6-4-5-7-11/h13H,4-9,12H2,1-3H3. The second kappa shape index (κ2) is 4.63. The Balaban J connectivity index is 2.71. The van der Waals surface area contributed by atoms with Crippen molar-refractivity contribution in [3.05, 3.63) is 0 Å². The summed E-state index contributed by atoms with van der Waals surface area (Å²) >= 11 is 0. The van der Waals surface area contributed by atoms with Crippen LogP contribution in [0.2, 0.25) is 0 Å². The minimum Gasteiger partial charge on any atom is -0.329 e. The fourth-order valence-corrected chi connectivity index (χ4v) is 4.50. The average Bonchev–Trinajstić information content (AvgIpc) is 2.48. The van der Waals surface area contributed by atoms with Gasteiger partial charge in [0, 0.05) is 12.1 Å². The van der Waals surface area contributed by atoms with Gasteiger partial charge in [-0.15, -0.1) is 0 Å². The molecule has 5 heteroatoms. The molecule has 1 aliphatic rings. The first kappa shape index (κ1) is 13.9. The predicted octanol–water partition coefficient (Wildman–Crippen LogP) is 1.22. The van der Waals surface area contributed by atoms with Crippen LogP contribution in [0.3, 0.4) is 0 Å². The van der Waals surface area contributed by atoms with Crippen LogP contribution in [-0.2, 0) is 10.0 Å². The smallest absolute Gasteiger partial charge is 0.212 e. The largest absolute Gasteiger partial charge is 0.329 e. The lowest BCUT2D eigenvalue weighted by atomic mass is 10.00. The zero-order valence-electron chi connectivity index (χ0n) is 10.5. The van der Waals surface area contributed by atoms with E-state index in [1.807, 2.05) is 20.8 Å². The fraction of sp³-hybridized carbons (Fsp3) is 1.00. The zero-order valence-corrected chi connectivity index (χ0v) is 11.4. The topological polar surface area (TPSA) is 72.2 Å². The van der Waals surface area contributed by atoms with E-state index >= 15 is 0 Å². The number of hydrogen-bond acceptors (Lipinski definition) is 3. The quantitative estimate of drug-likeness (QED) is 0.786. The van der Waals surface area contributed by atoms with Crippen molar-refractivity contribution < 1.29 is 8.42 Å². The first-order valence-corrected chi connectivity index (χ1v) is 7.55. The van der Waals surface area contributed by atoms with Crippen molar-refractivity contribution in [2.75, 3.05) is 12.3 Å². The van der Waals surface area contributed by atoms with Crippen LogP contribution in [0, 0.1) is 5.41 Å². The maximum Gasteiger partial charge on any atom is 0.212 e. The second-order valence-electron chi connectivity index (χ2n) is 6.11. The third-order valence-electron chi connectivity index (χ3n) is 2.95. The van der Waals surface area contributed by atoms with Crippen molar-refractivity contribution in [1.82, 2.24) is 4.72 Å². The SMILES string of the molecule is CC(C)(C)CS(=O)(=O)NC1(CN)CCCC1. The molecule has 3 N–H and O–H groups in total. The normalized spacial score (nSPS) is 21.2. The van der Waals surface area contributed by atoms with Crippen molar-refractivity contribution in [2.24, 2.45) is 11.1 Å². The second-order valence-corrected chi connectivity index (χ2v) is 7.84. The van der Waals surface area contributed by atoms with Crippen molar-refractivity contribution in [3.63, 3.8) is 0 Å². The Hall–Kier alpha value is -0.130. The van der Waals surface area contributed by atoms with E-state index in [1.54, 1.807) is 0 Å². The molecule has 96 valence electrons. The highest BCUT2D eigenvalue weighted by Gasteiger charge is 2.37. The third-order valence-corrected chi connectivity index (χ3v) is 4.94. The molecule has 0 aliphatic heterocycles. The van der Waals surface area contributed by atoms with Crippen molar-refractivity contribution in [2.45, 2.75) is 52.0 Å². The highest BCUT2D eigenvalue weighted by Crippen LogP contribution is 2.30. The van der Waals surface area contributed by atoms with Crippen LogP contribution in [0.5, 0.6) is 0 Å². The molecule has 1 saturated carbocycles. The van der Waals surface area contributed by atoms with Crippen LogP contribution < -0.4 is 10.5 Å². The maximum absolute atomic E-state index is 12.0. The average molecular weight is 248 g/mol. The van der Waals surface area contributed by atoms with E-state index < -0.39 is 10.0 Å². The number of nitrogens with two attached hydrogens (primary N) is 1. The summed E-state index contributed by atoms with van der Waals surface area (Å²) < 4.78 is 26.8. The van der Waals surface area contributed by atoms with Crippen LogP contribution in [0.15, 0.2) is 0 Å². The molecule has 16 heavy (non-hydrogen) atoms. The van der Waals surface area contributed by atoms with Crippen LogP contribution in [0.1, 0.15) is 46.5 Å². The van der Waals surface area contributed by atoms with E-state index in [2.05, 4.69) is 4.72 Å². The molecule has 0 saturated heterocycles. The van der Waals surface area contributed by atoms with Crippen LogP contribution in [0.4, 0.5) is 0 Å². The highest BCUT2D eigenvalue weighted by molar-refractivity contribution is 7.89. The minimum absolute atomic E-state index is 0.155. The van der Waals surface area contributed by atoms with Gasteiger partial charge in [-0.1, -0.05) is 33.6 Å². The van der Waals surface area contributed by atoms with Gasteiger partial charge in [0.05, 0.1) is 5.75 Å². The van der Waals surface area contributed by atoms with Gasteiger partial charge in [-0.3, -0.25) is 0 Å². The summed E-state index contributed by atoms with van der Waals surface area (Å²) in [6.07, 6.45) is 3.87. The first-order chi connectivity index (χ1) is 7.18. The summed E-state index contributed by atoms with van der Waals surface area (Å²) in [7, 11) is -3.22. The van der Waals surface area contributed by atoms with Crippen LogP contribution in [-0.4, -0.2) is 26.3 Å². The maximum atomic E-state index is 12.0. The molecule has 0 unspecified atom stereocenters. The molecule has 0 amide bonds. The number of rotatable bonds is 4. The van der Waals surface area contributed by atoms with Crippen molar-refractivity contribution in [3.8, 4) is 0 Å². The van der Waals surface area contributed by atoms with E-state index in [1.165, 1.54) is 0 Å². The zero-order chi connectivity index (χ0) is 12.4. The minimum atomic E-state index is -3.22. The fourth-order valence-electron chi connectivity index (χ4n) is 2.34. The van der Waals surface area contributed by atoms with E-state index in [-0.39, 0.29) is 16.7 Å². The van der Waals surface area contributed by atoms with Crippen LogP contribution in [0.25, 0.3) is 0 Å². The first-order valence-electron chi connectivity index (χ1n) is 5.90. The summed E-state index contributed by atoms with van der Waals surface area (Å²) in [4.78, 5) is 0. The molecular formula is C11H24N2O2S. The Bertz CT molecular complexity index is 324. The van der Waals surface area contributed by atoms with Gasteiger partial charge in [0.25, 0.3) is 0 Å². The van der Waals surface area contributed by atoms with Gasteiger partial charge in [-0.05, 0) is 18.3 Å². The monoisotopic (exact) mass is 248 g/mol. The number of sulfonamides is 1. The Morgan fingerprint density at radius 2 is 1.75 bits per heavy atom. The lowest BCUT2D eigenvalue weighted by Crippen LogP contribution is -2.53.